The highest BCUT2D eigenvalue weighted by Crippen LogP contribution is 2.32. The number of hydrogen-bond acceptors (Lipinski definition) is 3. The van der Waals surface area contributed by atoms with Gasteiger partial charge in [0, 0.05) is 18.3 Å². The summed E-state index contributed by atoms with van der Waals surface area (Å²) in [4.78, 5) is 14.3. The van der Waals surface area contributed by atoms with Crippen molar-refractivity contribution in [3.8, 4) is 0 Å². The lowest BCUT2D eigenvalue weighted by Crippen LogP contribution is -2.38. The molecule has 1 aromatic rings. The molecule has 0 spiro atoms. The Morgan fingerprint density at radius 2 is 2.33 bits per heavy atom. The third-order valence-electron chi connectivity index (χ3n) is 4.61. The van der Waals surface area contributed by atoms with Crippen LogP contribution in [0.2, 0.25) is 5.02 Å². The lowest BCUT2D eigenvalue weighted by Gasteiger charge is -2.23. The van der Waals surface area contributed by atoms with Crippen molar-refractivity contribution < 1.29 is 9.18 Å². The number of halogens is 2. The van der Waals surface area contributed by atoms with Crippen LogP contribution in [0.15, 0.2) is 18.2 Å². The zero-order valence-electron chi connectivity index (χ0n) is 11.9. The van der Waals surface area contributed by atoms with E-state index in [1.807, 2.05) is 0 Å². The number of nitrogens with zero attached hydrogens (tertiary/aromatic N) is 1. The standard InChI is InChI=1S/C15H19ClFN3O/c1-9-12-6-18-5-10(12)7-20(9)8-15(21)19-11-2-3-14(17)13(16)4-11/h2-4,9-10,12,18H,5-8H2,1H3,(H,19,21). The first-order valence-corrected chi connectivity index (χ1v) is 7.62. The van der Waals surface area contributed by atoms with Crippen LogP contribution in [-0.4, -0.2) is 43.0 Å². The van der Waals surface area contributed by atoms with E-state index in [2.05, 4.69) is 22.5 Å². The van der Waals surface area contributed by atoms with Crippen molar-refractivity contribution in [3.05, 3.63) is 29.0 Å². The van der Waals surface area contributed by atoms with Crippen LogP contribution in [-0.2, 0) is 4.79 Å². The first-order valence-electron chi connectivity index (χ1n) is 7.24. The second-order valence-electron chi connectivity index (χ2n) is 5.93. The molecule has 6 heteroatoms. The minimum atomic E-state index is -0.483. The molecule has 3 unspecified atom stereocenters. The van der Waals surface area contributed by atoms with Gasteiger partial charge in [0.2, 0.25) is 5.91 Å². The molecule has 21 heavy (non-hydrogen) atoms. The zero-order valence-corrected chi connectivity index (χ0v) is 12.7. The minimum absolute atomic E-state index is 0.0166. The van der Waals surface area contributed by atoms with E-state index < -0.39 is 5.82 Å². The van der Waals surface area contributed by atoms with E-state index in [1.165, 1.54) is 18.2 Å². The maximum absolute atomic E-state index is 13.1. The van der Waals surface area contributed by atoms with Crippen LogP contribution in [0.1, 0.15) is 6.92 Å². The Labute approximate surface area is 128 Å². The van der Waals surface area contributed by atoms with Crippen LogP contribution < -0.4 is 10.6 Å². The van der Waals surface area contributed by atoms with Crippen molar-refractivity contribution in [2.24, 2.45) is 11.8 Å². The predicted molar refractivity (Wildman–Crippen MR) is 80.9 cm³/mol. The predicted octanol–water partition coefficient (Wildman–Crippen LogP) is 1.96. The van der Waals surface area contributed by atoms with Gasteiger partial charge in [-0.15, -0.1) is 0 Å². The van der Waals surface area contributed by atoms with Gasteiger partial charge in [0.1, 0.15) is 5.82 Å². The number of likely N-dealkylation sites (tertiary alicyclic amines) is 1. The van der Waals surface area contributed by atoms with Gasteiger partial charge >= 0.3 is 0 Å². The van der Waals surface area contributed by atoms with Crippen molar-refractivity contribution in [2.75, 3.05) is 31.5 Å². The fourth-order valence-electron chi connectivity index (χ4n) is 3.42. The number of fused-ring (bicyclic) bond motifs is 1. The van der Waals surface area contributed by atoms with Crippen LogP contribution in [0.25, 0.3) is 0 Å². The highest BCUT2D eigenvalue weighted by molar-refractivity contribution is 6.31. The Bertz CT molecular complexity index is 554. The second-order valence-corrected chi connectivity index (χ2v) is 6.34. The summed E-state index contributed by atoms with van der Waals surface area (Å²) in [5, 5.41) is 6.19. The number of hydrogen-bond donors (Lipinski definition) is 2. The van der Waals surface area contributed by atoms with Crippen molar-refractivity contribution >= 4 is 23.2 Å². The van der Waals surface area contributed by atoms with Crippen LogP contribution >= 0.6 is 11.6 Å². The minimum Gasteiger partial charge on any atom is -0.325 e. The summed E-state index contributed by atoms with van der Waals surface area (Å²) in [5.41, 5.74) is 0.528. The Hall–Kier alpha value is -1.17. The number of amides is 1. The van der Waals surface area contributed by atoms with Crippen molar-refractivity contribution in [1.29, 1.82) is 0 Å². The molecular formula is C15H19ClFN3O. The summed E-state index contributed by atoms with van der Waals surface area (Å²) < 4.78 is 13.1. The average Bonchev–Trinajstić information content (AvgIpc) is 2.99. The van der Waals surface area contributed by atoms with E-state index in [1.54, 1.807) is 0 Å². The van der Waals surface area contributed by atoms with Gasteiger partial charge < -0.3 is 10.6 Å². The molecule has 4 nitrogen and oxygen atoms in total. The number of anilines is 1. The van der Waals surface area contributed by atoms with Crippen LogP contribution in [0, 0.1) is 17.7 Å². The smallest absolute Gasteiger partial charge is 0.238 e. The van der Waals surface area contributed by atoms with Gasteiger partial charge in [-0.05, 0) is 50.0 Å². The monoisotopic (exact) mass is 311 g/mol. The Balaban J connectivity index is 1.58. The number of benzene rings is 1. The molecule has 2 N–H and O–H groups in total. The lowest BCUT2D eigenvalue weighted by atomic mass is 9.95. The van der Waals surface area contributed by atoms with Crippen molar-refractivity contribution in [1.82, 2.24) is 10.2 Å². The molecule has 1 aromatic carbocycles. The quantitative estimate of drug-likeness (QED) is 0.897. The molecule has 3 atom stereocenters. The maximum Gasteiger partial charge on any atom is 0.238 e. The van der Waals surface area contributed by atoms with Gasteiger partial charge in [-0.25, -0.2) is 4.39 Å². The summed E-state index contributed by atoms with van der Waals surface area (Å²) >= 11 is 5.71. The van der Waals surface area contributed by atoms with E-state index in [4.69, 9.17) is 11.6 Å². The Morgan fingerprint density at radius 1 is 1.52 bits per heavy atom. The summed E-state index contributed by atoms with van der Waals surface area (Å²) in [6, 6.07) is 4.62. The second kappa shape index (κ2) is 5.91. The molecule has 114 valence electrons. The molecule has 0 bridgehead atoms. The summed E-state index contributed by atoms with van der Waals surface area (Å²) in [6.07, 6.45) is 0. The summed E-state index contributed by atoms with van der Waals surface area (Å²) in [7, 11) is 0. The van der Waals surface area contributed by atoms with Gasteiger partial charge in [-0.2, -0.15) is 0 Å². The first-order chi connectivity index (χ1) is 10.0. The number of rotatable bonds is 3. The molecule has 2 heterocycles. The van der Waals surface area contributed by atoms with Gasteiger partial charge in [-0.1, -0.05) is 11.6 Å². The molecular weight excluding hydrogens is 293 g/mol. The molecule has 2 aliphatic heterocycles. The van der Waals surface area contributed by atoms with Gasteiger partial charge in [0.25, 0.3) is 0 Å². The van der Waals surface area contributed by atoms with E-state index in [0.29, 0.717) is 30.1 Å². The van der Waals surface area contributed by atoms with Crippen molar-refractivity contribution in [3.63, 3.8) is 0 Å². The number of carbonyl (C=O) groups excluding carboxylic acids is 1. The fourth-order valence-corrected chi connectivity index (χ4v) is 3.60. The number of carbonyl (C=O) groups is 1. The molecule has 0 aliphatic carbocycles. The van der Waals surface area contributed by atoms with Gasteiger partial charge in [0.15, 0.2) is 0 Å². The SMILES string of the molecule is CC1C2CNCC2CN1CC(=O)Nc1ccc(F)c(Cl)c1. The highest BCUT2D eigenvalue weighted by atomic mass is 35.5. The van der Waals surface area contributed by atoms with Crippen LogP contribution in [0.3, 0.4) is 0 Å². The lowest BCUT2D eigenvalue weighted by molar-refractivity contribution is -0.117. The fraction of sp³-hybridized carbons (Fsp3) is 0.533. The molecule has 2 aliphatic rings. The molecule has 1 amide bonds. The largest absolute Gasteiger partial charge is 0.325 e. The zero-order chi connectivity index (χ0) is 15.0. The number of nitrogens with one attached hydrogen (secondary N) is 2. The molecule has 3 rings (SSSR count). The first kappa shape index (κ1) is 14.8. The molecule has 0 saturated carbocycles. The van der Waals surface area contributed by atoms with Gasteiger partial charge in [0.05, 0.1) is 11.6 Å². The summed E-state index contributed by atoms with van der Waals surface area (Å²) in [5.74, 6) is 0.715. The van der Waals surface area contributed by atoms with E-state index in [9.17, 15) is 9.18 Å². The van der Waals surface area contributed by atoms with Crippen molar-refractivity contribution in [2.45, 2.75) is 13.0 Å². The molecule has 2 saturated heterocycles. The molecule has 2 fully saturated rings. The third kappa shape index (κ3) is 3.05. The van der Waals surface area contributed by atoms with E-state index in [0.717, 1.165) is 19.6 Å². The Kier molecular flexibility index (Phi) is 4.15. The third-order valence-corrected chi connectivity index (χ3v) is 4.90. The normalized spacial score (nSPS) is 28.6. The van der Waals surface area contributed by atoms with Crippen LogP contribution in [0.5, 0.6) is 0 Å². The highest BCUT2D eigenvalue weighted by Gasteiger charge is 2.42. The van der Waals surface area contributed by atoms with E-state index in [-0.39, 0.29) is 10.9 Å². The van der Waals surface area contributed by atoms with Gasteiger partial charge in [-0.3, -0.25) is 9.69 Å². The Morgan fingerprint density at radius 3 is 3.05 bits per heavy atom. The maximum atomic E-state index is 13.1. The molecule has 0 radical (unpaired) electrons. The molecule has 0 aromatic heterocycles. The van der Waals surface area contributed by atoms with E-state index >= 15 is 0 Å². The summed E-state index contributed by atoms with van der Waals surface area (Å²) in [6.45, 7) is 5.58. The van der Waals surface area contributed by atoms with Crippen LogP contribution in [0.4, 0.5) is 10.1 Å². The topological polar surface area (TPSA) is 44.4 Å². The average molecular weight is 312 g/mol.